The van der Waals surface area contributed by atoms with Gasteiger partial charge >= 0.3 is 0 Å². The van der Waals surface area contributed by atoms with E-state index in [1.165, 1.54) is 12.8 Å². The summed E-state index contributed by atoms with van der Waals surface area (Å²) in [7, 11) is 0. The average Bonchev–Trinajstić information content (AvgIpc) is 2.94. The number of likely N-dealkylation sites (tertiary alicyclic amines) is 2. The van der Waals surface area contributed by atoms with Crippen LogP contribution in [-0.4, -0.2) is 57.6 Å². The topological polar surface area (TPSA) is 58.4 Å². The molecular formula is C23H35ClN4O2. The SMILES string of the molecule is CCCCn1nc(C)c(/C=C/C(=O)N2CCC(C(=O)N3CCCCCC3)CC2)c1Cl. The van der Waals surface area contributed by atoms with Crippen LogP contribution in [-0.2, 0) is 16.1 Å². The van der Waals surface area contributed by atoms with E-state index in [0.717, 1.165) is 69.4 Å². The van der Waals surface area contributed by atoms with Gasteiger partial charge in [0.05, 0.1) is 5.69 Å². The van der Waals surface area contributed by atoms with Crippen molar-refractivity contribution >= 4 is 29.5 Å². The Labute approximate surface area is 185 Å². The van der Waals surface area contributed by atoms with E-state index in [0.29, 0.717) is 24.1 Å². The van der Waals surface area contributed by atoms with Gasteiger partial charge in [0.15, 0.2) is 0 Å². The smallest absolute Gasteiger partial charge is 0.246 e. The van der Waals surface area contributed by atoms with Crippen LogP contribution in [0.1, 0.15) is 69.5 Å². The van der Waals surface area contributed by atoms with Crippen LogP contribution in [0.5, 0.6) is 0 Å². The molecule has 0 unspecified atom stereocenters. The fraction of sp³-hybridized carbons (Fsp3) is 0.696. The number of carbonyl (C=O) groups excluding carboxylic acids is 2. The second-order valence-corrected chi connectivity index (χ2v) is 8.90. The summed E-state index contributed by atoms with van der Waals surface area (Å²) < 4.78 is 1.81. The molecule has 2 aliphatic heterocycles. The van der Waals surface area contributed by atoms with E-state index in [4.69, 9.17) is 11.6 Å². The minimum Gasteiger partial charge on any atom is -0.342 e. The van der Waals surface area contributed by atoms with E-state index in [1.54, 1.807) is 12.2 Å². The summed E-state index contributed by atoms with van der Waals surface area (Å²) >= 11 is 6.46. The maximum atomic E-state index is 12.8. The minimum absolute atomic E-state index is 0.0209. The lowest BCUT2D eigenvalue weighted by Gasteiger charge is -2.33. The van der Waals surface area contributed by atoms with E-state index in [-0.39, 0.29) is 11.8 Å². The van der Waals surface area contributed by atoms with E-state index < -0.39 is 0 Å². The van der Waals surface area contributed by atoms with Crippen molar-refractivity contribution in [2.24, 2.45) is 5.92 Å². The highest BCUT2D eigenvalue weighted by molar-refractivity contribution is 6.31. The van der Waals surface area contributed by atoms with E-state index in [2.05, 4.69) is 16.9 Å². The Morgan fingerprint density at radius 2 is 1.73 bits per heavy atom. The molecule has 6 nitrogen and oxygen atoms in total. The first kappa shape index (κ1) is 22.9. The summed E-state index contributed by atoms with van der Waals surface area (Å²) in [6.07, 6.45) is 11.7. The molecule has 0 saturated carbocycles. The van der Waals surface area contributed by atoms with E-state index in [9.17, 15) is 9.59 Å². The van der Waals surface area contributed by atoms with Crippen LogP contribution in [0, 0.1) is 12.8 Å². The predicted octanol–water partition coefficient (Wildman–Crippen LogP) is 4.30. The molecule has 0 spiro atoms. The van der Waals surface area contributed by atoms with Gasteiger partial charge < -0.3 is 9.80 Å². The molecule has 7 heteroatoms. The van der Waals surface area contributed by atoms with Gasteiger partial charge in [0.2, 0.25) is 11.8 Å². The molecule has 0 atom stereocenters. The molecule has 1 aromatic heterocycles. The molecule has 30 heavy (non-hydrogen) atoms. The highest BCUT2D eigenvalue weighted by atomic mass is 35.5. The van der Waals surface area contributed by atoms with Gasteiger partial charge in [0, 0.05) is 50.3 Å². The fourth-order valence-corrected chi connectivity index (χ4v) is 4.69. The minimum atomic E-state index is -0.0209. The van der Waals surface area contributed by atoms with Gasteiger partial charge in [-0.1, -0.05) is 37.8 Å². The van der Waals surface area contributed by atoms with Crippen molar-refractivity contribution in [3.63, 3.8) is 0 Å². The molecule has 0 radical (unpaired) electrons. The lowest BCUT2D eigenvalue weighted by atomic mass is 9.95. The quantitative estimate of drug-likeness (QED) is 0.627. The predicted molar refractivity (Wildman–Crippen MR) is 120 cm³/mol. The monoisotopic (exact) mass is 434 g/mol. The van der Waals surface area contributed by atoms with Gasteiger partial charge in [0.25, 0.3) is 0 Å². The van der Waals surface area contributed by atoms with Gasteiger partial charge in [-0.3, -0.25) is 14.3 Å². The molecule has 0 aliphatic carbocycles. The van der Waals surface area contributed by atoms with Crippen LogP contribution in [0.15, 0.2) is 6.08 Å². The molecule has 166 valence electrons. The Balaban J connectivity index is 1.53. The Hall–Kier alpha value is -1.82. The van der Waals surface area contributed by atoms with Crippen molar-refractivity contribution in [1.82, 2.24) is 19.6 Å². The molecule has 0 N–H and O–H groups in total. The van der Waals surface area contributed by atoms with Gasteiger partial charge in [0.1, 0.15) is 5.15 Å². The molecule has 3 rings (SSSR count). The lowest BCUT2D eigenvalue weighted by molar-refractivity contribution is -0.139. The Morgan fingerprint density at radius 3 is 2.37 bits per heavy atom. The lowest BCUT2D eigenvalue weighted by Crippen LogP contribution is -2.44. The highest BCUT2D eigenvalue weighted by Gasteiger charge is 2.30. The molecule has 2 amide bonds. The average molecular weight is 435 g/mol. The van der Waals surface area contributed by atoms with Crippen molar-refractivity contribution in [3.05, 3.63) is 22.5 Å². The number of piperidine rings is 1. The van der Waals surface area contributed by atoms with Crippen LogP contribution in [0.2, 0.25) is 5.15 Å². The first-order valence-corrected chi connectivity index (χ1v) is 11.9. The van der Waals surface area contributed by atoms with Crippen molar-refractivity contribution in [3.8, 4) is 0 Å². The molecule has 2 fully saturated rings. The van der Waals surface area contributed by atoms with Crippen molar-refractivity contribution in [2.45, 2.75) is 71.8 Å². The number of halogens is 1. The first-order chi connectivity index (χ1) is 14.5. The largest absolute Gasteiger partial charge is 0.342 e. The summed E-state index contributed by atoms with van der Waals surface area (Å²) in [5.41, 5.74) is 1.65. The highest BCUT2D eigenvalue weighted by Crippen LogP contribution is 2.24. The van der Waals surface area contributed by atoms with E-state index >= 15 is 0 Å². The van der Waals surface area contributed by atoms with Crippen LogP contribution in [0.3, 0.4) is 0 Å². The number of nitrogens with zero attached hydrogens (tertiary/aromatic N) is 4. The molecular weight excluding hydrogens is 400 g/mol. The van der Waals surface area contributed by atoms with Crippen LogP contribution in [0.4, 0.5) is 0 Å². The van der Waals surface area contributed by atoms with Crippen LogP contribution >= 0.6 is 11.6 Å². The zero-order chi connectivity index (χ0) is 21.5. The molecule has 2 saturated heterocycles. The van der Waals surface area contributed by atoms with Gasteiger partial charge in [-0.25, -0.2) is 0 Å². The third-order valence-electron chi connectivity index (χ3n) is 6.30. The first-order valence-electron chi connectivity index (χ1n) is 11.5. The summed E-state index contributed by atoms with van der Waals surface area (Å²) in [4.78, 5) is 29.4. The summed E-state index contributed by atoms with van der Waals surface area (Å²) in [5.74, 6) is 0.332. The maximum absolute atomic E-state index is 12.8. The number of amides is 2. The second-order valence-electron chi connectivity index (χ2n) is 8.54. The third kappa shape index (κ3) is 5.65. The van der Waals surface area contributed by atoms with Crippen LogP contribution < -0.4 is 0 Å². The molecule has 0 aromatic carbocycles. The van der Waals surface area contributed by atoms with Gasteiger partial charge in [-0.05, 0) is 45.1 Å². The van der Waals surface area contributed by atoms with Gasteiger partial charge in [-0.15, -0.1) is 0 Å². The molecule has 2 aliphatic rings. The number of rotatable bonds is 6. The second kappa shape index (κ2) is 11.0. The number of unbranched alkanes of at least 4 members (excludes halogenated alkanes) is 1. The molecule has 0 bridgehead atoms. The number of carbonyl (C=O) groups is 2. The standard InChI is InChI=1S/C23H35ClN4O2/c1-3-4-15-28-22(24)20(18(2)25-28)9-10-21(29)26-16-11-19(12-17-26)23(30)27-13-7-5-6-8-14-27/h9-10,19H,3-8,11-17H2,1-2H3/b10-9+. The fourth-order valence-electron chi connectivity index (χ4n) is 4.37. The Bertz CT molecular complexity index is 757. The number of hydrogen-bond acceptors (Lipinski definition) is 3. The number of aromatic nitrogens is 2. The van der Waals surface area contributed by atoms with E-state index in [1.807, 2.05) is 16.5 Å². The number of hydrogen-bond donors (Lipinski definition) is 0. The summed E-state index contributed by atoms with van der Waals surface area (Å²) in [6.45, 7) is 7.90. The Kier molecular flexibility index (Phi) is 8.37. The van der Waals surface area contributed by atoms with Crippen molar-refractivity contribution in [2.75, 3.05) is 26.2 Å². The van der Waals surface area contributed by atoms with Crippen molar-refractivity contribution in [1.29, 1.82) is 0 Å². The third-order valence-corrected chi connectivity index (χ3v) is 6.70. The van der Waals surface area contributed by atoms with Gasteiger partial charge in [-0.2, -0.15) is 5.10 Å². The zero-order valence-electron chi connectivity index (χ0n) is 18.4. The maximum Gasteiger partial charge on any atom is 0.246 e. The Morgan fingerprint density at radius 1 is 1.07 bits per heavy atom. The normalized spacial score (nSPS) is 18.8. The summed E-state index contributed by atoms with van der Waals surface area (Å²) in [5, 5.41) is 5.07. The zero-order valence-corrected chi connectivity index (χ0v) is 19.2. The van der Waals surface area contributed by atoms with Crippen LogP contribution in [0.25, 0.3) is 6.08 Å². The summed E-state index contributed by atoms with van der Waals surface area (Å²) in [6, 6.07) is 0. The number of aryl methyl sites for hydroxylation is 2. The van der Waals surface area contributed by atoms with Crippen molar-refractivity contribution < 1.29 is 9.59 Å². The molecule has 3 heterocycles. The molecule has 1 aromatic rings.